The van der Waals surface area contributed by atoms with Crippen LogP contribution in [0.2, 0.25) is 0 Å². The zero-order valence-electron chi connectivity index (χ0n) is 8.65. The van der Waals surface area contributed by atoms with Crippen LogP contribution in [0.3, 0.4) is 0 Å². The molecule has 0 radical (unpaired) electrons. The molecule has 2 rings (SSSR count). The van der Waals surface area contributed by atoms with Gasteiger partial charge in [-0.2, -0.15) is 0 Å². The Morgan fingerprint density at radius 3 is 2.64 bits per heavy atom. The maximum Gasteiger partial charge on any atom is 0.407 e. The minimum Gasteiger partial charge on any atom is -0.465 e. The number of hydrogen-bond donors (Lipinski definition) is 1. The van der Waals surface area contributed by atoms with Gasteiger partial charge in [-0.25, -0.2) is 4.79 Å². The van der Waals surface area contributed by atoms with Crippen LogP contribution < -0.4 is 0 Å². The predicted octanol–water partition coefficient (Wildman–Crippen LogP) is 1.22. The summed E-state index contributed by atoms with van der Waals surface area (Å²) in [6.45, 7) is 2.01. The first-order valence-corrected chi connectivity index (χ1v) is 5.38. The molecule has 2 fully saturated rings. The molecule has 0 spiro atoms. The van der Waals surface area contributed by atoms with Gasteiger partial charge >= 0.3 is 6.09 Å². The van der Waals surface area contributed by atoms with Gasteiger partial charge < -0.3 is 10.0 Å². The Kier molecular flexibility index (Phi) is 2.63. The van der Waals surface area contributed by atoms with E-state index in [1.54, 1.807) is 7.05 Å². The molecule has 0 aromatic rings. The van der Waals surface area contributed by atoms with Crippen molar-refractivity contribution in [3.8, 4) is 0 Å². The lowest BCUT2D eigenvalue weighted by molar-refractivity contribution is 0.124. The lowest BCUT2D eigenvalue weighted by atomic mass is 9.92. The van der Waals surface area contributed by atoms with Crippen LogP contribution >= 0.6 is 0 Å². The summed E-state index contributed by atoms with van der Waals surface area (Å²) in [6.07, 6.45) is 4.16. The molecule has 1 atom stereocenters. The Labute approximate surface area is 84.5 Å². The zero-order chi connectivity index (χ0) is 10.1. The Bertz CT molecular complexity index is 228. The first-order chi connectivity index (χ1) is 6.68. The molecule has 1 aliphatic heterocycles. The second-order valence-corrected chi connectivity index (χ2v) is 4.42. The van der Waals surface area contributed by atoms with E-state index in [2.05, 4.69) is 4.90 Å². The fourth-order valence-electron chi connectivity index (χ4n) is 2.32. The number of rotatable bonds is 2. The number of hydrogen-bond acceptors (Lipinski definition) is 2. The summed E-state index contributed by atoms with van der Waals surface area (Å²) in [7, 11) is 1.68. The average molecular weight is 198 g/mol. The summed E-state index contributed by atoms with van der Waals surface area (Å²) < 4.78 is 0. The molecular weight excluding hydrogens is 180 g/mol. The number of likely N-dealkylation sites (N-methyl/N-ethyl adjacent to an activating group) is 1. The molecule has 1 amide bonds. The van der Waals surface area contributed by atoms with Crippen LogP contribution in [0.5, 0.6) is 0 Å². The van der Waals surface area contributed by atoms with Crippen molar-refractivity contribution >= 4 is 6.09 Å². The number of likely N-dealkylation sites (tertiary alicyclic amines) is 1. The highest BCUT2D eigenvalue weighted by Gasteiger charge is 2.34. The molecule has 1 saturated heterocycles. The second kappa shape index (κ2) is 3.77. The van der Waals surface area contributed by atoms with E-state index in [1.165, 1.54) is 24.2 Å². The molecule has 0 aromatic carbocycles. The van der Waals surface area contributed by atoms with E-state index in [9.17, 15) is 4.79 Å². The summed E-state index contributed by atoms with van der Waals surface area (Å²) >= 11 is 0. The lowest BCUT2D eigenvalue weighted by Gasteiger charge is -2.35. The Balaban J connectivity index is 1.84. The molecule has 0 aromatic heterocycles. The topological polar surface area (TPSA) is 43.8 Å². The SMILES string of the molecule is CN(C(=O)O)C1CCN(C2CCC2)C1. The van der Waals surface area contributed by atoms with Crippen molar-refractivity contribution in [2.75, 3.05) is 20.1 Å². The van der Waals surface area contributed by atoms with Crippen molar-refractivity contribution < 1.29 is 9.90 Å². The average Bonchev–Trinajstić information content (AvgIpc) is 2.48. The van der Waals surface area contributed by atoms with E-state index in [0.717, 1.165) is 25.6 Å². The highest BCUT2D eigenvalue weighted by atomic mass is 16.4. The van der Waals surface area contributed by atoms with E-state index in [4.69, 9.17) is 5.11 Å². The van der Waals surface area contributed by atoms with Crippen LogP contribution in [0.15, 0.2) is 0 Å². The van der Waals surface area contributed by atoms with E-state index in [1.807, 2.05) is 0 Å². The lowest BCUT2D eigenvalue weighted by Crippen LogP contribution is -2.42. The molecule has 1 saturated carbocycles. The molecule has 14 heavy (non-hydrogen) atoms. The number of nitrogens with zero attached hydrogens (tertiary/aromatic N) is 2. The third kappa shape index (κ3) is 1.71. The number of carboxylic acid groups (broad SMARTS) is 1. The maximum absolute atomic E-state index is 10.8. The van der Waals surface area contributed by atoms with E-state index < -0.39 is 6.09 Å². The Morgan fingerprint density at radius 2 is 2.14 bits per heavy atom. The van der Waals surface area contributed by atoms with Gasteiger partial charge in [0.25, 0.3) is 0 Å². The summed E-state index contributed by atoms with van der Waals surface area (Å²) in [5.74, 6) is 0. The molecule has 2 aliphatic rings. The molecule has 80 valence electrons. The van der Waals surface area contributed by atoms with Crippen LogP contribution in [0.25, 0.3) is 0 Å². The summed E-state index contributed by atoms with van der Waals surface area (Å²) in [5.41, 5.74) is 0. The first kappa shape index (κ1) is 9.77. The van der Waals surface area contributed by atoms with Gasteiger partial charge in [-0.3, -0.25) is 4.90 Å². The summed E-state index contributed by atoms with van der Waals surface area (Å²) in [5, 5.41) is 8.85. The van der Waals surface area contributed by atoms with Gasteiger partial charge in [0.2, 0.25) is 0 Å². The van der Waals surface area contributed by atoms with Gasteiger partial charge in [-0.1, -0.05) is 6.42 Å². The molecule has 0 bridgehead atoms. The normalized spacial score (nSPS) is 28.8. The monoisotopic (exact) mass is 198 g/mol. The predicted molar refractivity (Wildman–Crippen MR) is 53.4 cm³/mol. The van der Waals surface area contributed by atoms with Gasteiger partial charge in [0.1, 0.15) is 0 Å². The zero-order valence-corrected chi connectivity index (χ0v) is 8.65. The Hall–Kier alpha value is -0.770. The second-order valence-electron chi connectivity index (χ2n) is 4.42. The van der Waals surface area contributed by atoms with Gasteiger partial charge in [0.05, 0.1) is 0 Å². The van der Waals surface area contributed by atoms with Gasteiger partial charge in [0.15, 0.2) is 0 Å². The third-order valence-corrected chi connectivity index (χ3v) is 3.64. The van der Waals surface area contributed by atoms with Crippen molar-refractivity contribution in [2.45, 2.75) is 37.8 Å². The molecular formula is C10H18N2O2. The quantitative estimate of drug-likeness (QED) is 0.725. The number of carbonyl (C=O) groups is 1. The molecule has 1 unspecified atom stereocenters. The highest BCUT2D eigenvalue weighted by Crippen LogP contribution is 2.28. The minimum absolute atomic E-state index is 0.216. The molecule has 4 heteroatoms. The smallest absolute Gasteiger partial charge is 0.407 e. The minimum atomic E-state index is -0.801. The van der Waals surface area contributed by atoms with Gasteiger partial charge in [-0.15, -0.1) is 0 Å². The largest absolute Gasteiger partial charge is 0.465 e. The van der Waals surface area contributed by atoms with Gasteiger partial charge in [0, 0.05) is 32.2 Å². The molecule has 4 nitrogen and oxygen atoms in total. The van der Waals surface area contributed by atoms with Crippen LogP contribution in [0, 0.1) is 0 Å². The van der Waals surface area contributed by atoms with Crippen LogP contribution in [-0.4, -0.2) is 53.2 Å². The summed E-state index contributed by atoms with van der Waals surface area (Å²) in [6, 6.07) is 0.968. The Morgan fingerprint density at radius 1 is 1.43 bits per heavy atom. The fraction of sp³-hybridized carbons (Fsp3) is 0.900. The van der Waals surface area contributed by atoms with Crippen molar-refractivity contribution in [3.63, 3.8) is 0 Å². The molecule has 1 heterocycles. The van der Waals surface area contributed by atoms with Crippen molar-refractivity contribution in [2.24, 2.45) is 0 Å². The third-order valence-electron chi connectivity index (χ3n) is 3.64. The molecule has 1 N–H and O–H groups in total. The van der Waals surface area contributed by atoms with Crippen molar-refractivity contribution in [1.29, 1.82) is 0 Å². The van der Waals surface area contributed by atoms with E-state index >= 15 is 0 Å². The van der Waals surface area contributed by atoms with Gasteiger partial charge in [-0.05, 0) is 19.3 Å². The van der Waals surface area contributed by atoms with E-state index in [-0.39, 0.29) is 6.04 Å². The van der Waals surface area contributed by atoms with Crippen LogP contribution in [0.4, 0.5) is 4.79 Å². The molecule has 1 aliphatic carbocycles. The van der Waals surface area contributed by atoms with Crippen molar-refractivity contribution in [3.05, 3.63) is 0 Å². The first-order valence-electron chi connectivity index (χ1n) is 5.38. The fourth-order valence-corrected chi connectivity index (χ4v) is 2.32. The van der Waals surface area contributed by atoms with Crippen LogP contribution in [-0.2, 0) is 0 Å². The maximum atomic E-state index is 10.8. The highest BCUT2D eigenvalue weighted by molar-refractivity contribution is 5.65. The van der Waals surface area contributed by atoms with Crippen molar-refractivity contribution in [1.82, 2.24) is 9.80 Å². The van der Waals surface area contributed by atoms with E-state index in [0.29, 0.717) is 0 Å². The summed E-state index contributed by atoms with van der Waals surface area (Å²) in [4.78, 5) is 14.7. The number of amides is 1. The standard InChI is InChI=1S/C10H18N2O2/c1-11(10(13)14)9-5-6-12(7-9)8-3-2-4-8/h8-9H,2-7H2,1H3,(H,13,14). The van der Waals surface area contributed by atoms with Crippen LogP contribution in [0.1, 0.15) is 25.7 Å².